The van der Waals surface area contributed by atoms with E-state index in [-0.39, 0.29) is 18.4 Å². The number of nitrogens with one attached hydrogen (secondary N) is 3. The summed E-state index contributed by atoms with van der Waals surface area (Å²) in [5.74, 6) is 0.339. The van der Waals surface area contributed by atoms with Crippen molar-refractivity contribution in [3.05, 3.63) is 30.2 Å². The number of carbonyl (C=O) groups excluding carboxylic acids is 1. The average Bonchev–Trinajstić information content (AvgIpc) is 2.94. The van der Waals surface area contributed by atoms with Gasteiger partial charge in [0.15, 0.2) is 16.6 Å². The molecule has 0 fully saturated rings. The summed E-state index contributed by atoms with van der Waals surface area (Å²) < 4.78 is 10.5. The Labute approximate surface area is 139 Å². The summed E-state index contributed by atoms with van der Waals surface area (Å²) in [6, 6.07) is 7.54. The SMILES string of the molecule is COC[C@H](C)NC(=S)NNC(=O)CCc1nc2ccccc2o1. The molecule has 0 saturated heterocycles. The van der Waals surface area contributed by atoms with Crippen LogP contribution in [0.4, 0.5) is 0 Å². The second kappa shape index (κ2) is 8.44. The summed E-state index contributed by atoms with van der Waals surface area (Å²) in [5, 5.41) is 3.32. The Kier molecular flexibility index (Phi) is 6.30. The maximum absolute atomic E-state index is 11.8. The molecular formula is C15H20N4O3S. The number of fused-ring (bicyclic) bond motifs is 1. The third-order valence-electron chi connectivity index (χ3n) is 3.01. The van der Waals surface area contributed by atoms with E-state index in [0.29, 0.717) is 24.0 Å². The van der Waals surface area contributed by atoms with Crippen LogP contribution in [0, 0.1) is 0 Å². The predicted octanol–water partition coefficient (Wildman–Crippen LogP) is 1.29. The summed E-state index contributed by atoms with van der Waals surface area (Å²) in [7, 11) is 1.61. The Morgan fingerprint density at radius 1 is 1.39 bits per heavy atom. The lowest BCUT2D eigenvalue weighted by Crippen LogP contribution is -2.50. The van der Waals surface area contributed by atoms with E-state index in [9.17, 15) is 4.79 Å². The smallest absolute Gasteiger partial charge is 0.238 e. The Bertz CT molecular complexity index is 641. The second-order valence-electron chi connectivity index (χ2n) is 5.08. The predicted molar refractivity (Wildman–Crippen MR) is 90.7 cm³/mol. The van der Waals surface area contributed by atoms with Crippen LogP contribution >= 0.6 is 12.2 Å². The highest BCUT2D eigenvalue weighted by molar-refractivity contribution is 7.80. The fourth-order valence-corrected chi connectivity index (χ4v) is 2.24. The zero-order chi connectivity index (χ0) is 16.7. The molecule has 2 aromatic rings. The molecule has 0 aliphatic carbocycles. The average molecular weight is 336 g/mol. The number of oxazole rings is 1. The molecule has 0 bridgehead atoms. The summed E-state index contributed by atoms with van der Waals surface area (Å²) in [6.07, 6.45) is 0.665. The number of hydrogen-bond acceptors (Lipinski definition) is 5. The van der Waals surface area contributed by atoms with Crippen molar-refractivity contribution in [2.45, 2.75) is 25.8 Å². The molecule has 1 amide bonds. The van der Waals surface area contributed by atoms with E-state index in [1.807, 2.05) is 31.2 Å². The highest BCUT2D eigenvalue weighted by Crippen LogP contribution is 2.15. The van der Waals surface area contributed by atoms with Crippen LogP contribution in [-0.2, 0) is 16.0 Å². The van der Waals surface area contributed by atoms with E-state index in [1.54, 1.807) is 7.11 Å². The molecule has 1 atom stereocenters. The first-order chi connectivity index (χ1) is 11.1. The van der Waals surface area contributed by atoms with E-state index < -0.39 is 0 Å². The summed E-state index contributed by atoms with van der Waals surface area (Å²) in [6.45, 7) is 2.44. The topological polar surface area (TPSA) is 88.4 Å². The monoisotopic (exact) mass is 336 g/mol. The van der Waals surface area contributed by atoms with Gasteiger partial charge in [-0.3, -0.25) is 15.6 Å². The van der Waals surface area contributed by atoms with Crippen molar-refractivity contribution in [2.75, 3.05) is 13.7 Å². The summed E-state index contributed by atoms with van der Waals surface area (Å²) in [5.41, 5.74) is 6.69. The lowest BCUT2D eigenvalue weighted by molar-refractivity contribution is -0.121. The van der Waals surface area contributed by atoms with Crippen LogP contribution in [0.3, 0.4) is 0 Å². The van der Waals surface area contributed by atoms with Gasteiger partial charge in [0.05, 0.1) is 6.61 Å². The number of aryl methyl sites for hydroxylation is 1. The quantitative estimate of drug-likeness (QED) is 0.541. The Morgan fingerprint density at radius 2 is 2.17 bits per heavy atom. The largest absolute Gasteiger partial charge is 0.441 e. The van der Waals surface area contributed by atoms with E-state index in [2.05, 4.69) is 21.2 Å². The van der Waals surface area contributed by atoms with Gasteiger partial charge in [-0.1, -0.05) is 12.1 Å². The fourth-order valence-electron chi connectivity index (χ4n) is 1.99. The third-order valence-corrected chi connectivity index (χ3v) is 3.23. The van der Waals surface area contributed by atoms with Gasteiger partial charge in [0.1, 0.15) is 5.52 Å². The second-order valence-corrected chi connectivity index (χ2v) is 5.49. The molecule has 1 heterocycles. The molecule has 23 heavy (non-hydrogen) atoms. The van der Waals surface area contributed by atoms with Gasteiger partial charge in [0.25, 0.3) is 0 Å². The summed E-state index contributed by atoms with van der Waals surface area (Å²) in [4.78, 5) is 16.1. The molecule has 0 aliphatic rings. The van der Waals surface area contributed by atoms with Crippen molar-refractivity contribution in [3.8, 4) is 0 Å². The van der Waals surface area contributed by atoms with Crippen molar-refractivity contribution >= 4 is 34.3 Å². The van der Waals surface area contributed by atoms with Gasteiger partial charge in [0, 0.05) is 26.0 Å². The molecule has 0 saturated carbocycles. The number of aromatic nitrogens is 1. The maximum atomic E-state index is 11.8. The minimum absolute atomic E-state index is 0.0525. The van der Waals surface area contributed by atoms with Crippen LogP contribution < -0.4 is 16.2 Å². The summed E-state index contributed by atoms with van der Waals surface area (Å²) >= 11 is 5.06. The molecule has 1 aromatic heterocycles. The minimum atomic E-state index is -0.198. The molecule has 0 unspecified atom stereocenters. The number of para-hydroxylation sites is 2. The fraction of sp³-hybridized carbons (Fsp3) is 0.400. The zero-order valence-electron chi connectivity index (χ0n) is 13.1. The zero-order valence-corrected chi connectivity index (χ0v) is 13.9. The molecule has 8 heteroatoms. The number of benzene rings is 1. The van der Waals surface area contributed by atoms with Crippen molar-refractivity contribution in [1.82, 2.24) is 21.2 Å². The lowest BCUT2D eigenvalue weighted by Gasteiger charge is -2.16. The number of nitrogens with zero attached hydrogens (tertiary/aromatic N) is 1. The molecule has 124 valence electrons. The van der Waals surface area contributed by atoms with E-state index in [1.165, 1.54) is 0 Å². The van der Waals surface area contributed by atoms with Gasteiger partial charge in [-0.05, 0) is 31.3 Å². The van der Waals surface area contributed by atoms with Gasteiger partial charge in [-0.2, -0.15) is 0 Å². The molecule has 2 rings (SSSR count). The number of thiocarbonyl (C=S) groups is 1. The van der Waals surface area contributed by atoms with Crippen LogP contribution in [0.25, 0.3) is 11.1 Å². The Balaban J connectivity index is 1.71. The third kappa shape index (κ3) is 5.50. The van der Waals surface area contributed by atoms with Gasteiger partial charge in [-0.15, -0.1) is 0 Å². The molecule has 0 aliphatic heterocycles. The highest BCUT2D eigenvalue weighted by Gasteiger charge is 2.09. The Morgan fingerprint density at radius 3 is 2.91 bits per heavy atom. The van der Waals surface area contributed by atoms with Gasteiger partial charge < -0.3 is 14.5 Å². The van der Waals surface area contributed by atoms with E-state index >= 15 is 0 Å². The van der Waals surface area contributed by atoms with Crippen molar-refractivity contribution in [3.63, 3.8) is 0 Å². The number of carbonyl (C=O) groups is 1. The molecule has 7 nitrogen and oxygen atoms in total. The van der Waals surface area contributed by atoms with Crippen LogP contribution in [-0.4, -0.2) is 35.8 Å². The van der Waals surface area contributed by atoms with Crippen LogP contribution in [0.1, 0.15) is 19.2 Å². The molecule has 0 spiro atoms. The van der Waals surface area contributed by atoms with Gasteiger partial charge >= 0.3 is 0 Å². The number of methoxy groups -OCH3 is 1. The Hall–Kier alpha value is -2.19. The number of rotatable bonds is 6. The van der Waals surface area contributed by atoms with Crippen molar-refractivity contribution < 1.29 is 13.9 Å². The van der Waals surface area contributed by atoms with Gasteiger partial charge in [0.2, 0.25) is 5.91 Å². The highest BCUT2D eigenvalue weighted by atomic mass is 32.1. The standard InChI is InChI=1S/C15H20N4O3S/c1-10(9-21-2)16-15(23)19-18-13(20)7-8-14-17-11-5-3-4-6-12(11)22-14/h3-6,10H,7-9H2,1-2H3,(H,18,20)(H2,16,19,23)/t10-/m0/s1. The first-order valence-corrected chi connectivity index (χ1v) is 7.68. The number of hydrogen-bond donors (Lipinski definition) is 3. The van der Waals surface area contributed by atoms with Crippen LogP contribution in [0.5, 0.6) is 0 Å². The minimum Gasteiger partial charge on any atom is -0.441 e. The molecule has 3 N–H and O–H groups in total. The van der Waals surface area contributed by atoms with Crippen molar-refractivity contribution in [1.29, 1.82) is 0 Å². The normalized spacial score (nSPS) is 11.9. The number of hydrazine groups is 1. The van der Waals surface area contributed by atoms with E-state index in [4.69, 9.17) is 21.4 Å². The number of amides is 1. The van der Waals surface area contributed by atoms with Crippen LogP contribution in [0.15, 0.2) is 28.7 Å². The molecule has 1 aromatic carbocycles. The van der Waals surface area contributed by atoms with Crippen molar-refractivity contribution in [2.24, 2.45) is 0 Å². The molecular weight excluding hydrogens is 316 g/mol. The van der Waals surface area contributed by atoms with Gasteiger partial charge in [-0.25, -0.2) is 4.98 Å². The lowest BCUT2D eigenvalue weighted by atomic mass is 10.3. The maximum Gasteiger partial charge on any atom is 0.238 e. The van der Waals surface area contributed by atoms with Crippen LogP contribution in [0.2, 0.25) is 0 Å². The molecule has 0 radical (unpaired) electrons. The van der Waals surface area contributed by atoms with E-state index in [0.717, 1.165) is 11.1 Å². The first kappa shape index (κ1) is 17.2. The first-order valence-electron chi connectivity index (χ1n) is 7.27. The number of ether oxygens (including phenoxy) is 1.